The Morgan fingerprint density at radius 3 is 1.04 bits per heavy atom. The number of carbonyl (C=O) groups excluding carboxylic acids is 1. The number of carbonyl (C=O) groups is 1. The Labute approximate surface area is 161 Å². The van der Waals surface area contributed by atoms with Crippen LogP contribution in [0.4, 0.5) is 4.79 Å². The molecule has 148 valence electrons. The van der Waals surface area contributed by atoms with E-state index in [4.69, 9.17) is 0 Å². The fourth-order valence-electron chi connectivity index (χ4n) is 2.73. The van der Waals surface area contributed by atoms with Crippen molar-refractivity contribution in [1.29, 1.82) is 0 Å². The molecule has 0 amide bonds. The quantitative estimate of drug-likeness (QED) is 0.365. The van der Waals surface area contributed by atoms with Crippen LogP contribution in [-0.4, -0.2) is 51.0 Å². The van der Waals surface area contributed by atoms with E-state index in [0.29, 0.717) is 0 Å². The molecule has 5 heteroatoms. The molecule has 0 spiro atoms. The topological polar surface area (TPSA) is 35.5 Å². The summed E-state index contributed by atoms with van der Waals surface area (Å²) in [4.78, 5) is 9.74. The molecule has 0 heterocycles. The van der Waals surface area contributed by atoms with Crippen LogP contribution in [0, 0.1) is 0 Å². The van der Waals surface area contributed by atoms with Gasteiger partial charge in [0.05, 0.1) is 40.4 Å². The van der Waals surface area contributed by atoms with Gasteiger partial charge >= 0.3 is 6.16 Å². The van der Waals surface area contributed by atoms with Crippen molar-refractivity contribution in [3.8, 4) is 0 Å². The minimum absolute atomic E-state index is 0. The highest BCUT2D eigenvalue weighted by molar-refractivity contribution is 5.59. The van der Waals surface area contributed by atoms with E-state index in [9.17, 15) is 4.79 Å². The van der Waals surface area contributed by atoms with Crippen LogP contribution in [0.3, 0.4) is 0 Å². The number of methoxy groups -OCH3 is 2. The summed E-state index contributed by atoms with van der Waals surface area (Å²) in [5.74, 6) is 0. The van der Waals surface area contributed by atoms with Crippen molar-refractivity contribution >= 4 is 6.16 Å². The van der Waals surface area contributed by atoms with Crippen LogP contribution >= 0.6 is 0 Å². The van der Waals surface area contributed by atoms with Gasteiger partial charge in [0.1, 0.15) is 0 Å². The Balaban J connectivity index is -0.000000538. The lowest BCUT2D eigenvalue weighted by Gasteiger charge is -2.39. The molecule has 0 atom stereocenters. The minimum Gasteiger partial charge on any atom is -1.00 e. The average Bonchev–Trinajstić information content (AvgIpc) is 2.60. The molecule has 0 aliphatic carbocycles. The van der Waals surface area contributed by atoms with Crippen LogP contribution in [0.25, 0.3) is 0 Å². The van der Waals surface area contributed by atoms with Crippen LogP contribution in [0.2, 0.25) is 0 Å². The highest BCUT2D eigenvalue weighted by Crippen LogP contribution is 2.16. The van der Waals surface area contributed by atoms with Gasteiger partial charge in [-0.05, 0) is 25.7 Å². The van der Waals surface area contributed by atoms with Gasteiger partial charge in [-0.2, -0.15) is 0 Å². The van der Waals surface area contributed by atoms with E-state index >= 15 is 0 Å². The van der Waals surface area contributed by atoms with Crippen LogP contribution < -0.4 is 17.0 Å². The molecule has 0 saturated heterocycles. The first-order chi connectivity index (χ1) is 11.1. The number of nitrogens with zero attached hydrogens (tertiary/aromatic N) is 1. The molecule has 4 nitrogen and oxygen atoms in total. The molecule has 0 N–H and O–H groups in total. The van der Waals surface area contributed by atoms with E-state index in [-0.39, 0.29) is 17.0 Å². The zero-order valence-electron chi connectivity index (χ0n) is 17.0. The predicted molar refractivity (Wildman–Crippen MR) is 98.8 cm³/mol. The molecule has 0 fully saturated rings. The van der Waals surface area contributed by atoms with Gasteiger partial charge in [-0.25, -0.2) is 4.79 Å². The summed E-state index contributed by atoms with van der Waals surface area (Å²) in [7, 11) is 2.51. The summed E-state index contributed by atoms with van der Waals surface area (Å²) in [5, 5.41) is 0. The summed E-state index contributed by atoms with van der Waals surface area (Å²) in [6.45, 7) is 15.0. The number of rotatable bonds is 12. The number of unbranched alkanes of at least 4 members (excludes halogenated alkanes) is 4. The first kappa shape index (κ1) is 28.5. The fraction of sp³-hybridized carbons (Fsp3) is 0.947. The van der Waals surface area contributed by atoms with E-state index < -0.39 is 6.16 Å². The maximum Gasteiger partial charge on any atom is 0.507 e. The highest BCUT2D eigenvalue weighted by atomic mass is 79.9. The van der Waals surface area contributed by atoms with E-state index in [1.54, 1.807) is 0 Å². The smallest absolute Gasteiger partial charge is 0.507 e. The van der Waals surface area contributed by atoms with Gasteiger partial charge in [0.15, 0.2) is 0 Å². The summed E-state index contributed by atoms with van der Waals surface area (Å²) in [6.07, 6.45) is 10.4. The van der Waals surface area contributed by atoms with Gasteiger partial charge in [0.25, 0.3) is 0 Å². The maximum absolute atomic E-state index is 9.74. The molecule has 0 radical (unpaired) electrons. The number of hydrogen-bond donors (Lipinski definition) is 0. The zero-order valence-corrected chi connectivity index (χ0v) is 18.6. The van der Waals surface area contributed by atoms with E-state index in [0.717, 1.165) is 0 Å². The molecule has 0 aliphatic rings. The lowest BCUT2D eigenvalue weighted by molar-refractivity contribution is -0.929. The average molecular weight is 412 g/mol. The van der Waals surface area contributed by atoms with Gasteiger partial charge < -0.3 is 30.9 Å². The molecule has 24 heavy (non-hydrogen) atoms. The zero-order chi connectivity index (χ0) is 18.0. The first-order valence-electron chi connectivity index (χ1n) is 9.52. The third-order valence-electron chi connectivity index (χ3n) is 4.28. The van der Waals surface area contributed by atoms with Crippen molar-refractivity contribution in [3.63, 3.8) is 0 Å². The molecular weight excluding hydrogens is 370 g/mol. The summed E-state index contributed by atoms with van der Waals surface area (Å²) >= 11 is 0. The van der Waals surface area contributed by atoms with Gasteiger partial charge in [-0.3, -0.25) is 0 Å². The molecule has 0 aromatic carbocycles. The van der Waals surface area contributed by atoms with Crippen molar-refractivity contribution in [2.24, 2.45) is 0 Å². The van der Waals surface area contributed by atoms with Gasteiger partial charge in [-0.15, -0.1) is 0 Å². The van der Waals surface area contributed by atoms with Crippen LogP contribution in [0.1, 0.15) is 79.1 Å². The highest BCUT2D eigenvalue weighted by Gasteiger charge is 2.24. The van der Waals surface area contributed by atoms with Crippen molar-refractivity contribution in [2.45, 2.75) is 79.1 Å². The Morgan fingerprint density at radius 1 is 0.667 bits per heavy atom. The molecule has 0 aromatic rings. The molecule has 0 bridgehead atoms. The Morgan fingerprint density at radius 2 is 0.917 bits per heavy atom. The summed E-state index contributed by atoms with van der Waals surface area (Å²) < 4.78 is 9.50. The second-order valence-electron chi connectivity index (χ2n) is 6.31. The lowest BCUT2D eigenvalue weighted by atomic mass is 10.1. The van der Waals surface area contributed by atoms with E-state index in [2.05, 4.69) is 37.2 Å². The molecule has 0 saturated carbocycles. The standard InChI is InChI=1S/C16H36N.C3H6O3.BrH/c1-5-9-13-17(14-10-6-2,15-11-7-3)16-12-8-4;1-5-3(4)6-2;/h5-16H2,1-4H3;1-2H3;1H/q+1;;/p-1. The number of ether oxygens (including phenoxy) is 2. The number of hydrogen-bond acceptors (Lipinski definition) is 3. The van der Waals surface area contributed by atoms with Crippen molar-refractivity contribution in [2.75, 3.05) is 40.4 Å². The molecule has 0 aromatic heterocycles. The third-order valence-corrected chi connectivity index (χ3v) is 4.28. The van der Waals surface area contributed by atoms with Gasteiger partial charge in [0.2, 0.25) is 0 Å². The van der Waals surface area contributed by atoms with Crippen LogP contribution in [0.5, 0.6) is 0 Å². The SMILES string of the molecule is CCCC[N+](CCCC)(CCCC)CCCC.COC(=O)OC.[Br-]. The van der Waals surface area contributed by atoms with Crippen molar-refractivity contribution in [3.05, 3.63) is 0 Å². The Kier molecular flexibility index (Phi) is 24.7. The monoisotopic (exact) mass is 411 g/mol. The van der Waals surface area contributed by atoms with E-state index in [1.807, 2.05) is 0 Å². The molecular formula is C19H42BrNO3. The van der Waals surface area contributed by atoms with Crippen LogP contribution in [0.15, 0.2) is 0 Å². The summed E-state index contributed by atoms with van der Waals surface area (Å²) in [6, 6.07) is 0. The second kappa shape index (κ2) is 20.8. The number of quaternary nitrogens is 1. The third kappa shape index (κ3) is 16.6. The van der Waals surface area contributed by atoms with E-state index in [1.165, 1.54) is 96.2 Å². The largest absolute Gasteiger partial charge is 1.00 e. The minimum atomic E-state index is -0.657. The second-order valence-corrected chi connectivity index (χ2v) is 6.31. The van der Waals surface area contributed by atoms with Crippen molar-refractivity contribution in [1.82, 2.24) is 0 Å². The fourth-order valence-corrected chi connectivity index (χ4v) is 2.73. The molecule has 0 rings (SSSR count). The predicted octanol–water partition coefficient (Wildman–Crippen LogP) is 2.41. The normalized spacial score (nSPS) is 10.2. The van der Waals surface area contributed by atoms with Crippen LogP contribution in [-0.2, 0) is 9.47 Å². The summed E-state index contributed by atoms with van der Waals surface area (Å²) in [5.41, 5.74) is 0. The molecule has 0 unspecified atom stereocenters. The Bertz CT molecular complexity index is 219. The molecule has 0 aliphatic heterocycles. The Hall–Kier alpha value is -0.290. The van der Waals surface area contributed by atoms with Gasteiger partial charge in [-0.1, -0.05) is 53.4 Å². The first-order valence-corrected chi connectivity index (χ1v) is 9.52. The maximum atomic E-state index is 9.74. The number of halogens is 1. The van der Waals surface area contributed by atoms with Crippen molar-refractivity contribution < 1.29 is 35.7 Å². The lowest BCUT2D eigenvalue weighted by Crippen LogP contribution is -3.00. The van der Waals surface area contributed by atoms with Gasteiger partial charge in [0, 0.05) is 0 Å².